The van der Waals surface area contributed by atoms with E-state index < -0.39 is 0 Å². The first-order chi connectivity index (χ1) is 25.7. The molecule has 1 aliphatic heterocycles. The molecule has 5 unspecified atom stereocenters. The molecule has 52 heavy (non-hydrogen) atoms. The van der Waals surface area contributed by atoms with Gasteiger partial charge in [-0.25, -0.2) is 15.0 Å². The van der Waals surface area contributed by atoms with Crippen molar-refractivity contribution in [2.75, 3.05) is 0 Å². The van der Waals surface area contributed by atoms with Crippen LogP contribution < -0.4 is 5.32 Å². The Morgan fingerprint density at radius 3 is 2.31 bits per heavy atom. The highest BCUT2D eigenvalue weighted by atomic mass is 15.2. The number of rotatable bonds is 7. The molecule has 0 amide bonds. The zero-order chi connectivity index (χ0) is 34.7. The molecule has 0 fully saturated rings. The maximum Gasteiger partial charge on any atom is 0.161 e. The molecular weight excluding hydrogens is 633 g/mol. The van der Waals surface area contributed by atoms with E-state index in [-0.39, 0.29) is 6.17 Å². The van der Waals surface area contributed by atoms with Gasteiger partial charge in [-0.15, -0.1) is 0 Å². The summed E-state index contributed by atoms with van der Waals surface area (Å²) >= 11 is 0. The van der Waals surface area contributed by atoms with Crippen LogP contribution >= 0.6 is 0 Å². The Hall–Kier alpha value is -5.35. The Labute approximate surface area is 308 Å². The molecule has 0 saturated heterocycles. The van der Waals surface area contributed by atoms with Gasteiger partial charge in [-0.3, -0.25) is 0 Å². The lowest BCUT2D eigenvalue weighted by Gasteiger charge is -2.30. The zero-order valence-corrected chi connectivity index (χ0v) is 29.7. The quantitative estimate of drug-likeness (QED) is 0.312. The van der Waals surface area contributed by atoms with Crippen molar-refractivity contribution in [3.63, 3.8) is 0 Å². The summed E-state index contributed by atoms with van der Waals surface area (Å²) in [6.07, 6.45) is 58.2. The van der Waals surface area contributed by atoms with Crippen LogP contribution in [0.4, 0.5) is 0 Å². The second kappa shape index (κ2) is 14.7. The summed E-state index contributed by atoms with van der Waals surface area (Å²) in [4.78, 5) is 16.2. The minimum atomic E-state index is -0.205. The standard InChI is InChI=1S/C48H46N4/c1-4-12-33(13-5-1)36-20-25-39(26-21-36)46-50-47(40-27-22-37(23-28-40)34-14-6-2-7-15-34)52-48(51-46)43-30-31-44(38-17-8-3-9-18-38)49-45(43)42-29-24-35-16-10-11-19-41(35)32-42/h1,3-6,8,10-12,14-17,19-20,22,24-25,27-33,35,37,41,46H,2,7,9,13,18,21,23,26H2,(H,50,51,52). The lowest BCUT2D eigenvalue weighted by Crippen LogP contribution is -2.41. The first kappa shape index (κ1) is 32.6. The van der Waals surface area contributed by atoms with E-state index in [0.717, 1.165) is 91.1 Å². The lowest BCUT2D eigenvalue weighted by molar-refractivity contribution is 0.641. The Morgan fingerprint density at radius 1 is 0.635 bits per heavy atom. The molecule has 1 aromatic heterocycles. The summed E-state index contributed by atoms with van der Waals surface area (Å²) in [7, 11) is 0. The number of allylic oxidation sites excluding steroid dienone is 25. The highest BCUT2D eigenvalue weighted by Gasteiger charge is 2.29. The Balaban J connectivity index is 1.11. The van der Waals surface area contributed by atoms with Gasteiger partial charge in [0.05, 0.1) is 11.4 Å². The van der Waals surface area contributed by atoms with Gasteiger partial charge in [0, 0.05) is 34.8 Å². The van der Waals surface area contributed by atoms with Crippen molar-refractivity contribution >= 4 is 22.8 Å². The molecule has 2 heterocycles. The summed E-state index contributed by atoms with van der Waals surface area (Å²) in [5, 5.41) is 3.79. The van der Waals surface area contributed by atoms with Crippen molar-refractivity contribution in [3.8, 4) is 0 Å². The van der Waals surface area contributed by atoms with Crippen LogP contribution in [-0.2, 0) is 0 Å². The van der Waals surface area contributed by atoms with Gasteiger partial charge in [0.25, 0.3) is 0 Å². The largest absolute Gasteiger partial charge is 0.344 e. The summed E-state index contributed by atoms with van der Waals surface area (Å²) in [5.41, 5.74) is 10.7. The second-order valence-corrected chi connectivity index (χ2v) is 14.8. The smallest absolute Gasteiger partial charge is 0.161 e. The van der Waals surface area contributed by atoms with E-state index in [1.165, 1.54) is 22.3 Å². The number of amidine groups is 2. The number of fused-ring (bicyclic) bond motifs is 1. The maximum atomic E-state index is 5.42. The summed E-state index contributed by atoms with van der Waals surface area (Å²) in [5.74, 6) is 3.22. The number of aliphatic imine (C=N–C) groups is 2. The van der Waals surface area contributed by atoms with Gasteiger partial charge in [-0.05, 0) is 85.8 Å². The first-order valence-electron chi connectivity index (χ1n) is 19.3. The fourth-order valence-electron chi connectivity index (χ4n) is 8.41. The number of hydrogen-bond acceptors (Lipinski definition) is 4. The molecule has 7 aliphatic carbocycles. The SMILES string of the molecule is C1=CCCC(c2ccc(C3=NC(C4=CC=C(C5C=CC=CC5)CC4)NC(C4=CCC(C5=CCCC=C5)C=C4)=N3)c(C3=CC4C=CC=CC4C=C3)n2)=C1. The Bertz CT molecular complexity index is 2140. The Morgan fingerprint density at radius 2 is 1.52 bits per heavy atom. The topological polar surface area (TPSA) is 49.6 Å². The molecule has 0 radical (unpaired) electrons. The predicted molar refractivity (Wildman–Crippen MR) is 217 cm³/mol. The molecule has 1 N–H and O–H groups in total. The third kappa shape index (κ3) is 6.82. The highest BCUT2D eigenvalue weighted by Crippen LogP contribution is 2.36. The van der Waals surface area contributed by atoms with Crippen LogP contribution in [-0.4, -0.2) is 22.8 Å². The number of nitrogens with zero attached hydrogens (tertiary/aromatic N) is 3. The molecule has 1 aromatic rings. The molecule has 8 aliphatic rings. The van der Waals surface area contributed by atoms with E-state index in [4.69, 9.17) is 15.0 Å². The monoisotopic (exact) mass is 678 g/mol. The van der Waals surface area contributed by atoms with Crippen LogP contribution in [0, 0.1) is 23.7 Å². The van der Waals surface area contributed by atoms with Crippen LogP contribution in [0.15, 0.2) is 178 Å². The van der Waals surface area contributed by atoms with Crippen molar-refractivity contribution < 1.29 is 0 Å². The fourth-order valence-corrected chi connectivity index (χ4v) is 8.41. The van der Waals surface area contributed by atoms with Crippen LogP contribution in [0.3, 0.4) is 0 Å². The maximum absolute atomic E-state index is 5.42. The third-order valence-corrected chi connectivity index (χ3v) is 11.4. The van der Waals surface area contributed by atoms with Crippen LogP contribution in [0.25, 0.3) is 11.1 Å². The van der Waals surface area contributed by atoms with Crippen molar-refractivity contribution in [2.24, 2.45) is 33.7 Å². The van der Waals surface area contributed by atoms with E-state index in [1.54, 1.807) is 0 Å². The van der Waals surface area contributed by atoms with Gasteiger partial charge in [-0.2, -0.15) is 0 Å². The lowest BCUT2D eigenvalue weighted by atomic mass is 9.82. The summed E-state index contributed by atoms with van der Waals surface area (Å²) < 4.78 is 0. The molecule has 258 valence electrons. The minimum Gasteiger partial charge on any atom is -0.344 e. The van der Waals surface area contributed by atoms with Gasteiger partial charge in [0.15, 0.2) is 5.84 Å². The molecule has 0 bridgehead atoms. The summed E-state index contributed by atoms with van der Waals surface area (Å²) in [6, 6.07) is 4.39. The van der Waals surface area contributed by atoms with Gasteiger partial charge in [0.2, 0.25) is 0 Å². The molecular formula is C48H46N4. The van der Waals surface area contributed by atoms with Crippen molar-refractivity contribution in [1.82, 2.24) is 10.3 Å². The third-order valence-electron chi connectivity index (χ3n) is 11.4. The van der Waals surface area contributed by atoms with Gasteiger partial charge in [0.1, 0.15) is 12.0 Å². The Kier molecular flexibility index (Phi) is 9.21. The fraction of sp³-hybridized carbons (Fsp3) is 0.271. The number of pyridine rings is 1. The zero-order valence-electron chi connectivity index (χ0n) is 29.7. The molecule has 0 spiro atoms. The molecule has 5 atom stereocenters. The minimum absolute atomic E-state index is 0.205. The molecule has 4 nitrogen and oxygen atoms in total. The normalized spacial score (nSPS) is 28.8. The van der Waals surface area contributed by atoms with E-state index in [1.807, 2.05) is 0 Å². The van der Waals surface area contributed by atoms with Crippen LogP contribution in [0.1, 0.15) is 68.3 Å². The first-order valence-corrected chi connectivity index (χ1v) is 19.3. The molecule has 0 saturated carbocycles. The van der Waals surface area contributed by atoms with Crippen molar-refractivity contribution in [2.45, 2.75) is 57.5 Å². The van der Waals surface area contributed by atoms with Gasteiger partial charge in [-0.1, -0.05) is 139 Å². The average molecular weight is 679 g/mol. The van der Waals surface area contributed by atoms with Gasteiger partial charge < -0.3 is 5.32 Å². The number of nitrogens with one attached hydrogen (secondary N) is 1. The number of hydrogen-bond donors (Lipinski definition) is 1. The molecule has 9 rings (SSSR count). The van der Waals surface area contributed by atoms with E-state index in [0.29, 0.717) is 23.7 Å². The van der Waals surface area contributed by atoms with E-state index in [2.05, 4.69) is 151 Å². The van der Waals surface area contributed by atoms with Crippen molar-refractivity contribution in [1.29, 1.82) is 0 Å². The van der Waals surface area contributed by atoms with Crippen LogP contribution in [0.5, 0.6) is 0 Å². The van der Waals surface area contributed by atoms with Gasteiger partial charge >= 0.3 is 0 Å². The summed E-state index contributed by atoms with van der Waals surface area (Å²) in [6.45, 7) is 0. The molecule has 0 aromatic carbocycles. The van der Waals surface area contributed by atoms with E-state index in [9.17, 15) is 0 Å². The average Bonchev–Trinajstić information content (AvgIpc) is 3.24. The second-order valence-electron chi connectivity index (χ2n) is 14.8. The number of aromatic nitrogens is 1. The van der Waals surface area contributed by atoms with Crippen molar-refractivity contribution in [3.05, 3.63) is 185 Å². The van der Waals surface area contributed by atoms with E-state index >= 15 is 0 Å². The van der Waals surface area contributed by atoms with Crippen LogP contribution in [0.2, 0.25) is 0 Å². The molecule has 4 heteroatoms. The highest BCUT2D eigenvalue weighted by molar-refractivity contribution is 6.15. The predicted octanol–water partition coefficient (Wildman–Crippen LogP) is 10.8.